The summed E-state index contributed by atoms with van der Waals surface area (Å²) in [6.45, 7) is 5.33. The predicted octanol–water partition coefficient (Wildman–Crippen LogP) is 1.42. The molecule has 0 saturated carbocycles. The van der Waals surface area contributed by atoms with E-state index in [4.69, 9.17) is 0 Å². The number of amides is 1. The molecular weight excluding hydrogens is 250 g/mol. The van der Waals surface area contributed by atoms with Crippen LogP contribution in [0.15, 0.2) is 10.9 Å². The van der Waals surface area contributed by atoms with Gasteiger partial charge >= 0.3 is 0 Å². The van der Waals surface area contributed by atoms with Gasteiger partial charge in [0.15, 0.2) is 5.82 Å². The Morgan fingerprint density at radius 2 is 2.36 bits per heavy atom. The molecule has 0 aromatic carbocycles. The van der Waals surface area contributed by atoms with Crippen molar-refractivity contribution >= 4 is 21.8 Å². The van der Waals surface area contributed by atoms with Gasteiger partial charge in [0.25, 0.3) is 0 Å². The molecule has 1 aromatic rings. The first-order valence-electron chi connectivity index (χ1n) is 4.17. The van der Waals surface area contributed by atoms with Crippen molar-refractivity contribution in [2.75, 3.05) is 0 Å². The van der Waals surface area contributed by atoms with Crippen LogP contribution in [0, 0.1) is 0 Å². The number of halogens is 1. The third-order valence-electron chi connectivity index (χ3n) is 1.65. The molecule has 1 amide bonds. The molecule has 0 fully saturated rings. The van der Waals surface area contributed by atoms with Crippen LogP contribution in [0.5, 0.6) is 0 Å². The quantitative estimate of drug-likeness (QED) is 0.836. The molecule has 14 heavy (non-hydrogen) atoms. The summed E-state index contributed by atoms with van der Waals surface area (Å²) in [6, 6.07) is -0.252. The van der Waals surface area contributed by atoms with E-state index in [1.165, 1.54) is 6.39 Å². The van der Waals surface area contributed by atoms with Crippen molar-refractivity contribution in [3.63, 3.8) is 0 Å². The molecule has 1 rings (SSSR count). The van der Waals surface area contributed by atoms with Gasteiger partial charge in [0, 0.05) is 0 Å². The van der Waals surface area contributed by atoms with E-state index >= 15 is 0 Å². The van der Waals surface area contributed by atoms with Gasteiger partial charge in [-0.15, -0.1) is 0 Å². The van der Waals surface area contributed by atoms with Gasteiger partial charge in [0.2, 0.25) is 12.3 Å². The van der Waals surface area contributed by atoms with Crippen LogP contribution < -0.4 is 5.32 Å². The highest BCUT2D eigenvalue weighted by atomic mass is 79.9. The first-order chi connectivity index (χ1) is 6.41. The summed E-state index contributed by atoms with van der Waals surface area (Å²) < 4.78 is 3.99. The number of hydrogen-bond acceptors (Lipinski definition) is 4. The zero-order valence-corrected chi connectivity index (χ0v) is 9.83. The third-order valence-corrected chi connectivity index (χ3v) is 2.01. The second kappa shape index (κ2) is 4.08. The Labute approximate surface area is 90.4 Å². The summed E-state index contributed by atoms with van der Waals surface area (Å²) >= 11 is 3.26. The largest absolute Gasteiger partial charge is 0.345 e. The lowest BCUT2D eigenvalue weighted by Gasteiger charge is -2.18. The van der Waals surface area contributed by atoms with Crippen molar-refractivity contribution in [2.45, 2.75) is 31.1 Å². The molecule has 0 radical (unpaired) electrons. The maximum Gasteiger partial charge on any atom is 0.236 e. The van der Waals surface area contributed by atoms with Gasteiger partial charge < -0.3 is 9.84 Å². The van der Waals surface area contributed by atoms with Crippen molar-refractivity contribution in [1.29, 1.82) is 0 Å². The second-order valence-corrected chi connectivity index (χ2v) is 5.44. The average Bonchev–Trinajstić information content (AvgIpc) is 2.53. The van der Waals surface area contributed by atoms with Crippen molar-refractivity contribution in [2.24, 2.45) is 0 Å². The minimum Gasteiger partial charge on any atom is -0.345 e. The number of nitrogens with one attached hydrogen (secondary N) is 1. The first kappa shape index (κ1) is 11.2. The molecule has 0 spiro atoms. The third kappa shape index (κ3) is 2.80. The van der Waals surface area contributed by atoms with E-state index in [1.807, 2.05) is 0 Å². The number of nitrogens with zero attached hydrogens (tertiary/aromatic N) is 2. The number of rotatable bonds is 3. The van der Waals surface area contributed by atoms with E-state index in [2.05, 4.69) is 35.9 Å². The highest BCUT2D eigenvalue weighted by molar-refractivity contribution is 9.10. The lowest BCUT2D eigenvalue weighted by atomic mass is 10.2. The van der Waals surface area contributed by atoms with Crippen LogP contribution in [0.2, 0.25) is 0 Å². The van der Waals surface area contributed by atoms with Crippen LogP contribution in [0.4, 0.5) is 0 Å². The van der Waals surface area contributed by atoms with E-state index in [0.29, 0.717) is 5.82 Å². The molecule has 0 aliphatic rings. The SMILES string of the molecule is CC(NC(=O)C(C)(C)Br)c1ncon1. The molecule has 1 unspecified atom stereocenters. The van der Waals surface area contributed by atoms with Crippen molar-refractivity contribution in [3.05, 3.63) is 12.2 Å². The van der Waals surface area contributed by atoms with E-state index in [-0.39, 0.29) is 11.9 Å². The van der Waals surface area contributed by atoms with Gasteiger partial charge in [-0.25, -0.2) is 0 Å². The van der Waals surface area contributed by atoms with Gasteiger partial charge in [-0.1, -0.05) is 21.1 Å². The van der Waals surface area contributed by atoms with Gasteiger partial charge in [0.05, 0.1) is 10.4 Å². The van der Waals surface area contributed by atoms with Gasteiger partial charge in [-0.3, -0.25) is 4.79 Å². The van der Waals surface area contributed by atoms with Crippen LogP contribution in [0.3, 0.4) is 0 Å². The monoisotopic (exact) mass is 261 g/mol. The summed E-state index contributed by atoms with van der Waals surface area (Å²) in [7, 11) is 0. The Morgan fingerprint density at radius 1 is 1.71 bits per heavy atom. The van der Waals surface area contributed by atoms with Gasteiger partial charge in [-0.2, -0.15) is 4.98 Å². The molecule has 1 atom stereocenters. The summed E-state index contributed by atoms with van der Waals surface area (Å²) in [5, 5.41) is 6.39. The highest BCUT2D eigenvalue weighted by Crippen LogP contribution is 2.17. The lowest BCUT2D eigenvalue weighted by Crippen LogP contribution is -2.39. The van der Waals surface area contributed by atoms with Crippen LogP contribution in [0.25, 0.3) is 0 Å². The summed E-state index contributed by atoms with van der Waals surface area (Å²) in [5.74, 6) is 0.352. The topological polar surface area (TPSA) is 68.0 Å². The maximum atomic E-state index is 11.5. The van der Waals surface area contributed by atoms with E-state index in [9.17, 15) is 4.79 Å². The zero-order chi connectivity index (χ0) is 10.8. The summed E-state index contributed by atoms with van der Waals surface area (Å²) in [6.07, 6.45) is 1.23. The smallest absolute Gasteiger partial charge is 0.236 e. The molecule has 78 valence electrons. The lowest BCUT2D eigenvalue weighted by molar-refractivity contribution is -0.123. The van der Waals surface area contributed by atoms with Crippen molar-refractivity contribution < 1.29 is 9.32 Å². The Hall–Kier alpha value is -0.910. The normalized spacial score (nSPS) is 13.7. The molecule has 1 N–H and O–H groups in total. The standard InChI is InChI=1S/C8H12BrN3O2/c1-5(6-10-4-14-12-6)11-7(13)8(2,3)9/h4-5H,1-3H3,(H,11,13). The Morgan fingerprint density at radius 3 is 2.79 bits per heavy atom. The number of alkyl halides is 1. The van der Waals surface area contributed by atoms with E-state index < -0.39 is 4.32 Å². The van der Waals surface area contributed by atoms with Crippen LogP contribution in [-0.4, -0.2) is 20.4 Å². The van der Waals surface area contributed by atoms with Crippen molar-refractivity contribution in [3.8, 4) is 0 Å². The molecule has 0 aliphatic heterocycles. The van der Waals surface area contributed by atoms with E-state index in [1.54, 1.807) is 20.8 Å². The second-order valence-electron chi connectivity index (χ2n) is 3.46. The Kier molecular flexibility index (Phi) is 3.25. The number of carbonyl (C=O) groups excluding carboxylic acids is 1. The number of hydrogen-bond donors (Lipinski definition) is 1. The molecule has 1 aromatic heterocycles. The Bertz CT molecular complexity index is 305. The molecule has 1 heterocycles. The number of aromatic nitrogens is 2. The first-order valence-corrected chi connectivity index (χ1v) is 4.96. The minimum absolute atomic E-state index is 0.116. The van der Waals surface area contributed by atoms with Crippen LogP contribution >= 0.6 is 15.9 Å². The van der Waals surface area contributed by atoms with Crippen LogP contribution in [0.1, 0.15) is 32.6 Å². The molecule has 0 aliphatic carbocycles. The molecule has 0 saturated heterocycles. The minimum atomic E-state index is -0.592. The highest BCUT2D eigenvalue weighted by Gasteiger charge is 2.26. The molecule has 0 bridgehead atoms. The van der Waals surface area contributed by atoms with Gasteiger partial charge in [0.1, 0.15) is 0 Å². The average molecular weight is 262 g/mol. The fourth-order valence-electron chi connectivity index (χ4n) is 0.802. The Balaban J connectivity index is 2.58. The van der Waals surface area contributed by atoms with Crippen LogP contribution in [-0.2, 0) is 4.79 Å². The fraction of sp³-hybridized carbons (Fsp3) is 0.625. The zero-order valence-electron chi connectivity index (χ0n) is 8.24. The number of carbonyl (C=O) groups is 1. The molecular formula is C8H12BrN3O2. The van der Waals surface area contributed by atoms with E-state index in [0.717, 1.165) is 0 Å². The fourth-order valence-corrected chi connectivity index (χ4v) is 0.917. The van der Waals surface area contributed by atoms with Crippen molar-refractivity contribution in [1.82, 2.24) is 15.5 Å². The summed E-state index contributed by atoms with van der Waals surface area (Å²) in [5.41, 5.74) is 0. The predicted molar refractivity (Wildman–Crippen MR) is 53.9 cm³/mol. The maximum absolute atomic E-state index is 11.5. The molecule has 5 nitrogen and oxygen atoms in total. The molecule has 6 heteroatoms. The van der Waals surface area contributed by atoms with Gasteiger partial charge in [-0.05, 0) is 20.8 Å². The summed E-state index contributed by atoms with van der Waals surface area (Å²) in [4.78, 5) is 15.4.